The molecule has 0 aliphatic carbocycles. The molecule has 1 aromatic rings. The second kappa shape index (κ2) is 6.83. The number of halogens is 3. The molecule has 1 aromatic carbocycles. The van der Waals surface area contributed by atoms with E-state index in [1.807, 2.05) is 6.92 Å². The quantitative estimate of drug-likeness (QED) is 0.788. The molecule has 0 aromatic heterocycles. The van der Waals surface area contributed by atoms with Crippen LogP contribution in [0.25, 0.3) is 0 Å². The van der Waals surface area contributed by atoms with Gasteiger partial charge in [-0.1, -0.05) is 25.5 Å². The summed E-state index contributed by atoms with van der Waals surface area (Å²) in [5.41, 5.74) is -2.39. The fourth-order valence-electron chi connectivity index (χ4n) is 2.00. The minimum absolute atomic E-state index is 0.289. The van der Waals surface area contributed by atoms with E-state index in [-0.39, 0.29) is 5.46 Å². The van der Waals surface area contributed by atoms with Crippen LogP contribution in [-0.2, 0) is 17.3 Å². The van der Waals surface area contributed by atoms with Gasteiger partial charge in [0.1, 0.15) is 0 Å². The average Bonchev–Trinajstić information content (AvgIpc) is 2.35. The maximum absolute atomic E-state index is 12.8. The number of rotatable bonds is 6. The smallest absolute Gasteiger partial charge is 0.423 e. The first-order valence-corrected chi connectivity index (χ1v) is 7.58. The maximum atomic E-state index is 12.8. The first-order chi connectivity index (χ1) is 10.3. The lowest BCUT2D eigenvalue weighted by Gasteiger charge is -2.38. The summed E-state index contributed by atoms with van der Waals surface area (Å²) in [5.74, 6) is 0. The summed E-state index contributed by atoms with van der Waals surface area (Å²) in [6, 6.07) is 3.21. The van der Waals surface area contributed by atoms with Crippen LogP contribution in [0, 0.1) is 0 Å². The highest BCUT2D eigenvalue weighted by Gasteiger charge is 2.40. The molecule has 0 amide bonds. The molecule has 0 saturated carbocycles. The molecule has 0 spiro atoms. The van der Waals surface area contributed by atoms with Gasteiger partial charge in [-0.2, -0.15) is 13.2 Å². The van der Waals surface area contributed by atoms with Crippen molar-refractivity contribution < 1.29 is 28.0 Å². The molecule has 0 bridgehead atoms. The molecule has 23 heavy (non-hydrogen) atoms. The fourth-order valence-corrected chi connectivity index (χ4v) is 2.00. The van der Waals surface area contributed by atoms with E-state index >= 15 is 0 Å². The van der Waals surface area contributed by atoms with Crippen LogP contribution in [0.3, 0.4) is 0 Å². The molecule has 130 valence electrons. The zero-order valence-electron chi connectivity index (χ0n) is 14.2. The predicted molar refractivity (Wildman–Crippen MR) is 84.5 cm³/mol. The monoisotopic (exact) mass is 332 g/mol. The fraction of sp³-hybridized carbons (Fsp3) is 0.625. The molecule has 0 heterocycles. The van der Waals surface area contributed by atoms with Crippen LogP contribution in [-0.4, -0.2) is 28.5 Å². The Hall–Kier alpha value is -1.05. The van der Waals surface area contributed by atoms with E-state index in [0.29, 0.717) is 18.4 Å². The Labute approximate surface area is 135 Å². The van der Waals surface area contributed by atoms with E-state index in [9.17, 15) is 23.3 Å². The van der Waals surface area contributed by atoms with Crippen LogP contribution in [0.4, 0.5) is 13.2 Å². The van der Waals surface area contributed by atoms with Gasteiger partial charge in [0.05, 0.1) is 16.8 Å². The first-order valence-electron chi connectivity index (χ1n) is 7.58. The predicted octanol–water partition coefficient (Wildman–Crippen LogP) is 2.91. The van der Waals surface area contributed by atoms with Crippen LogP contribution in [0.1, 0.15) is 52.2 Å². The molecule has 0 unspecified atom stereocenters. The van der Waals surface area contributed by atoms with Crippen molar-refractivity contribution in [1.29, 1.82) is 0 Å². The third-order valence-electron chi connectivity index (χ3n) is 4.14. The third kappa shape index (κ3) is 4.96. The largest absolute Gasteiger partial charge is 0.491 e. The van der Waals surface area contributed by atoms with E-state index < -0.39 is 30.1 Å². The number of aliphatic hydroxyl groups is 1. The van der Waals surface area contributed by atoms with E-state index in [4.69, 9.17) is 4.65 Å². The minimum atomic E-state index is -4.43. The molecule has 0 fully saturated rings. The van der Waals surface area contributed by atoms with Crippen LogP contribution in [0.2, 0.25) is 0 Å². The lowest BCUT2D eigenvalue weighted by molar-refractivity contribution is -0.137. The highest BCUT2D eigenvalue weighted by molar-refractivity contribution is 6.60. The lowest BCUT2D eigenvalue weighted by Crippen LogP contribution is -2.53. The summed E-state index contributed by atoms with van der Waals surface area (Å²) in [7, 11) is -1.42. The van der Waals surface area contributed by atoms with Crippen molar-refractivity contribution in [1.82, 2.24) is 0 Å². The van der Waals surface area contributed by atoms with Gasteiger partial charge in [0.15, 0.2) is 0 Å². The molecule has 7 heteroatoms. The summed E-state index contributed by atoms with van der Waals surface area (Å²) in [6.07, 6.45) is -3.41. The highest BCUT2D eigenvalue weighted by atomic mass is 19.4. The first kappa shape index (κ1) is 20.0. The second-order valence-electron chi connectivity index (χ2n) is 6.70. The topological polar surface area (TPSA) is 49.7 Å². The Morgan fingerprint density at radius 3 is 2.13 bits per heavy atom. The zero-order valence-corrected chi connectivity index (χ0v) is 14.2. The average molecular weight is 332 g/mol. The van der Waals surface area contributed by atoms with Crippen molar-refractivity contribution >= 4 is 12.6 Å². The Kier molecular flexibility index (Phi) is 5.94. The highest BCUT2D eigenvalue weighted by Crippen LogP contribution is 2.30. The molecule has 0 aliphatic heterocycles. The van der Waals surface area contributed by atoms with Crippen LogP contribution in [0.5, 0.6) is 0 Å². The molecule has 0 saturated heterocycles. The molecule has 0 radical (unpaired) electrons. The van der Waals surface area contributed by atoms with Crippen molar-refractivity contribution in [3.63, 3.8) is 0 Å². The number of aryl methyl sites for hydroxylation is 1. The van der Waals surface area contributed by atoms with E-state index in [1.165, 1.54) is 6.07 Å². The molecule has 2 N–H and O–H groups in total. The third-order valence-corrected chi connectivity index (χ3v) is 4.14. The van der Waals surface area contributed by atoms with Crippen molar-refractivity contribution in [2.75, 3.05) is 0 Å². The Morgan fingerprint density at radius 2 is 1.70 bits per heavy atom. The number of benzene rings is 1. The molecule has 3 nitrogen and oxygen atoms in total. The molecule has 0 aliphatic rings. The van der Waals surface area contributed by atoms with Crippen molar-refractivity contribution in [3.8, 4) is 0 Å². The van der Waals surface area contributed by atoms with E-state index in [0.717, 1.165) is 12.1 Å². The zero-order chi connectivity index (χ0) is 18.1. The van der Waals surface area contributed by atoms with Crippen molar-refractivity contribution in [3.05, 3.63) is 29.3 Å². The summed E-state index contributed by atoms with van der Waals surface area (Å²) < 4.78 is 44.0. The van der Waals surface area contributed by atoms with Gasteiger partial charge in [0.2, 0.25) is 0 Å². The summed E-state index contributed by atoms with van der Waals surface area (Å²) in [4.78, 5) is 0. The van der Waals surface area contributed by atoms with Gasteiger partial charge in [0.25, 0.3) is 0 Å². The molecular weight excluding hydrogens is 308 g/mol. The standard InChI is InChI=1S/C16H24BF3O3/c1-6-7-11-10-12(16(18,19)20)8-9-13(11)17(22)23-15(4,5)14(2,3)21/h8-10,21-22H,6-7H2,1-5H3. The minimum Gasteiger partial charge on any atom is -0.423 e. The molecule has 1 rings (SSSR count). The van der Waals surface area contributed by atoms with Gasteiger partial charge in [-0.05, 0) is 51.2 Å². The maximum Gasteiger partial charge on any atom is 0.491 e. The number of alkyl halides is 3. The second-order valence-corrected chi connectivity index (χ2v) is 6.70. The van der Waals surface area contributed by atoms with Gasteiger partial charge in [0, 0.05) is 0 Å². The Bertz CT molecular complexity index is 536. The number of hydrogen-bond donors (Lipinski definition) is 2. The summed E-state index contributed by atoms with van der Waals surface area (Å²) in [5, 5.41) is 20.4. The van der Waals surface area contributed by atoms with Crippen LogP contribution < -0.4 is 5.46 Å². The molecular formula is C16H24BF3O3. The van der Waals surface area contributed by atoms with E-state index in [2.05, 4.69) is 0 Å². The van der Waals surface area contributed by atoms with Crippen molar-refractivity contribution in [2.24, 2.45) is 0 Å². The lowest BCUT2D eigenvalue weighted by atomic mass is 9.73. The van der Waals surface area contributed by atoms with Crippen molar-refractivity contribution in [2.45, 2.75) is 64.8 Å². The SMILES string of the molecule is CCCc1cc(C(F)(F)F)ccc1B(O)OC(C)(C)C(C)(C)O. The van der Waals surface area contributed by atoms with Crippen LogP contribution in [0.15, 0.2) is 18.2 Å². The van der Waals surface area contributed by atoms with Gasteiger partial charge in [-0.25, -0.2) is 0 Å². The Morgan fingerprint density at radius 1 is 1.13 bits per heavy atom. The number of hydrogen-bond acceptors (Lipinski definition) is 3. The van der Waals surface area contributed by atoms with Crippen LogP contribution >= 0.6 is 0 Å². The van der Waals surface area contributed by atoms with Gasteiger partial charge < -0.3 is 14.8 Å². The van der Waals surface area contributed by atoms with Gasteiger partial charge in [-0.15, -0.1) is 0 Å². The molecule has 0 atom stereocenters. The normalized spacial score (nSPS) is 13.3. The summed E-state index contributed by atoms with van der Waals surface area (Å²) >= 11 is 0. The summed E-state index contributed by atoms with van der Waals surface area (Å²) in [6.45, 7) is 8.15. The Balaban J connectivity index is 3.16. The van der Waals surface area contributed by atoms with Gasteiger partial charge in [-0.3, -0.25) is 0 Å². The van der Waals surface area contributed by atoms with E-state index in [1.54, 1.807) is 27.7 Å². The van der Waals surface area contributed by atoms with Gasteiger partial charge >= 0.3 is 13.3 Å².